The van der Waals surface area contributed by atoms with Crippen LogP contribution in [0.3, 0.4) is 0 Å². The largest absolute Gasteiger partial charge is 0.540 e. The molecule has 0 spiro atoms. The summed E-state index contributed by atoms with van der Waals surface area (Å²) >= 11 is 0. The Kier molecular flexibility index (Phi) is 9.10. The van der Waals surface area contributed by atoms with Crippen LogP contribution in [0.5, 0.6) is 11.5 Å². The SMILES string of the molecule is C/C=C1\C[C@@H](C(=O)OC)N(C(=O)c2cc(OC)c(O[Si](C(C)C)(C(C)C)C(C)C)cc2[N+](=O)[O-])C1. The highest BCUT2D eigenvalue weighted by Gasteiger charge is 2.48. The van der Waals surface area contributed by atoms with Crippen molar-refractivity contribution in [1.82, 2.24) is 4.90 Å². The molecule has 1 aliphatic heterocycles. The molecule has 35 heavy (non-hydrogen) atoms. The van der Waals surface area contributed by atoms with Gasteiger partial charge in [-0.05, 0) is 23.5 Å². The zero-order valence-electron chi connectivity index (χ0n) is 22.2. The van der Waals surface area contributed by atoms with E-state index in [1.54, 1.807) is 0 Å². The normalized spacial score (nSPS) is 17.4. The van der Waals surface area contributed by atoms with Crippen molar-refractivity contribution in [2.24, 2.45) is 0 Å². The van der Waals surface area contributed by atoms with Crippen LogP contribution in [-0.4, -0.2) is 56.8 Å². The Morgan fingerprint density at radius 1 is 1.09 bits per heavy atom. The number of hydrogen-bond donors (Lipinski definition) is 0. The molecule has 9 nitrogen and oxygen atoms in total. The molecule has 1 atom stereocenters. The number of esters is 1. The van der Waals surface area contributed by atoms with Crippen molar-refractivity contribution in [2.75, 3.05) is 20.8 Å². The van der Waals surface area contributed by atoms with Gasteiger partial charge in [0.25, 0.3) is 19.9 Å². The highest BCUT2D eigenvalue weighted by molar-refractivity contribution is 6.78. The van der Waals surface area contributed by atoms with Crippen LogP contribution in [0.25, 0.3) is 0 Å². The van der Waals surface area contributed by atoms with Crippen LogP contribution in [0, 0.1) is 10.1 Å². The number of hydrogen-bond acceptors (Lipinski definition) is 7. The molecule has 1 heterocycles. The maximum atomic E-state index is 13.6. The summed E-state index contributed by atoms with van der Waals surface area (Å²) in [5.41, 5.74) is 1.04. The lowest BCUT2D eigenvalue weighted by molar-refractivity contribution is -0.385. The minimum absolute atomic E-state index is 0.156. The highest BCUT2D eigenvalue weighted by Crippen LogP contribution is 2.46. The Labute approximate surface area is 208 Å². The summed E-state index contributed by atoms with van der Waals surface area (Å²) in [6.07, 6.45) is 2.16. The van der Waals surface area contributed by atoms with Crippen LogP contribution in [0.1, 0.15) is 65.2 Å². The number of nitro groups is 1. The number of carbonyl (C=O) groups excluding carboxylic acids is 2. The first-order chi connectivity index (χ1) is 16.3. The number of methoxy groups -OCH3 is 2. The zero-order chi connectivity index (χ0) is 26.7. The molecule has 2 rings (SSSR count). The molecule has 1 saturated heterocycles. The van der Waals surface area contributed by atoms with Crippen molar-refractivity contribution in [2.45, 2.75) is 77.6 Å². The number of benzene rings is 1. The molecule has 194 valence electrons. The summed E-state index contributed by atoms with van der Waals surface area (Å²) in [6, 6.07) is 1.81. The Morgan fingerprint density at radius 2 is 1.66 bits per heavy atom. The maximum absolute atomic E-state index is 13.6. The van der Waals surface area contributed by atoms with Gasteiger partial charge in [0.05, 0.1) is 25.2 Å². The lowest BCUT2D eigenvalue weighted by atomic mass is 10.1. The molecule has 1 amide bonds. The molecule has 0 N–H and O–H groups in total. The van der Waals surface area contributed by atoms with Crippen molar-refractivity contribution < 1.29 is 28.4 Å². The maximum Gasteiger partial charge on any atom is 0.328 e. The van der Waals surface area contributed by atoms with Crippen LogP contribution >= 0.6 is 0 Å². The number of amides is 1. The highest BCUT2D eigenvalue weighted by atomic mass is 28.4. The lowest BCUT2D eigenvalue weighted by Crippen LogP contribution is -2.50. The van der Waals surface area contributed by atoms with Crippen LogP contribution in [-0.2, 0) is 9.53 Å². The monoisotopic (exact) mass is 506 g/mol. The number of allylic oxidation sites excluding steroid dienone is 1. The quantitative estimate of drug-likeness (QED) is 0.143. The smallest absolute Gasteiger partial charge is 0.328 e. The third-order valence-corrected chi connectivity index (χ3v) is 13.0. The fourth-order valence-electron chi connectivity index (χ4n) is 5.33. The van der Waals surface area contributed by atoms with Crippen molar-refractivity contribution in [3.05, 3.63) is 39.5 Å². The molecule has 0 unspecified atom stereocenters. The third-order valence-electron chi connectivity index (χ3n) is 7.05. The topological polar surface area (TPSA) is 108 Å². The van der Waals surface area contributed by atoms with Gasteiger partial charge in [0.1, 0.15) is 11.6 Å². The van der Waals surface area contributed by atoms with Gasteiger partial charge < -0.3 is 18.8 Å². The molecule has 1 aromatic carbocycles. The van der Waals surface area contributed by atoms with Gasteiger partial charge >= 0.3 is 5.97 Å². The van der Waals surface area contributed by atoms with Gasteiger partial charge in [-0.1, -0.05) is 53.2 Å². The van der Waals surface area contributed by atoms with E-state index < -0.39 is 31.2 Å². The minimum atomic E-state index is -2.46. The molecule has 1 aliphatic rings. The Hall–Kier alpha value is -2.88. The molecule has 0 saturated carbocycles. The average molecular weight is 507 g/mol. The summed E-state index contributed by atoms with van der Waals surface area (Å²) in [7, 11) is 0.240. The number of carbonyl (C=O) groups is 2. The van der Waals surface area contributed by atoms with Gasteiger partial charge in [-0.15, -0.1) is 0 Å². The molecule has 1 aromatic rings. The van der Waals surface area contributed by atoms with Gasteiger partial charge in [-0.25, -0.2) is 4.79 Å². The predicted molar refractivity (Wildman–Crippen MR) is 137 cm³/mol. The Bertz CT molecular complexity index is 982. The summed E-state index contributed by atoms with van der Waals surface area (Å²) in [4.78, 5) is 38.7. The van der Waals surface area contributed by atoms with Gasteiger partial charge in [0, 0.05) is 19.0 Å². The van der Waals surface area contributed by atoms with E-state index >= 15 is 0 Å². The van der Waals surface area contributed by atoms with E-state index in [-0.39, 0.29) is 45.9 Å². The summed E-state index contributed by atoms with van der Waals surface area (Å²) in [5.74, 6) is -0.684. The summed E-state index contributed by atoms with van der Waals surface area (Å²) in [6.45, 7) is 14.7. The van der Waals surface area contributed by atoms with Gasteiger partial charge in [-0.3, -0.25) is 14.9 Å². The molecule has 0 radical (unpaired) electrons. The van der Waals surface area contributed by atoms with Crippen LogP contribution in [0.4, 0.5) is 5.69 Å². The fourth-order valence-corrected chi connectivity index (χ4v) is 10.6. The van der Waals surface area contributed by atoms with Crippen molar-refractivity contribution in [1.29, 1.82) is 0 Å². The number of nitrogens with zero attached hydrogens (tertiary/aromatic N) is 2. The number of nitro benzene ring substituents is 1. The molecule has 0 aromatic heterocycles. The first-order valence-electron chi connectivity index (χ1n) is 11.9. The molecule has 0 bridgehead atoms. The minimum Gasteiger partial charge on any atom is -0.540 e. The summed E-state index contributed by atoms with van der Waals surface area (Å²) in [5, 5.41) is 12.1. The van der Waals surface area contributed by atoms with Gasteiger partial charge in [-0.2, -0.15) is 0 Å². The third kappa shape index (κ3) is 5.37. The predicted octanol–water partition coefficient (Wildman–Crippen LogP) is 5.49. The van der Waals surface area contributed by atoms with E-state index in [4.69, 9.17) is 13.9 Å². The molecular formula is C25H38N2O7Si. The molecule has 10 heteroatoms. The standard InChI is InChI=1S/C25H38N2O7Si/c1-10-18-11-21(25(29)33-9)26(14-18)24(28)19-12-22(32-8)23(13-20(19)27(30)31)34-35(15(2)3,16(4)5)17(6)7/h10,12-13,15-17,21H,11,14H2,1-9H3/b18-10+/t21-/m0/s1. The van der Waals surface area contributed by atoms with E-state index in [1.165, 1.54) is 31.3 Å². The Morgan fingerprint density at radius 3 is 2.09 bits per heavy atom. The van der Waals surface area contributed by atoms with Crippen molar-refractivity contribution in [3.63, 3.8) is 0 Å². The van der Waals surface area contributed by atoms with Crippen molar-refractivity contribution in [3.8, 4) is 11.5 Å². The second-order valence-electron chi connectivity index (χ2n) is 9.82. The first kappa shape index (κ1) is 28.4. The molecule has 1 fully saturated rings. The van der Waals surface area contributed by atoms with E-state index in [0.717, 1.165) is 5.57 Å². The van der Waals surface area contributed by atoms with Gasteiger partial charge in [0.15, 0.2) is 11.5 Å². The van der Waals surface area contributed by atoms with Crippen LogP contribution < -0.4 is 9.16 Å². The van der Waals surface area contributed by atoms with Crippen molar-refractivity contribution >= 4 is 25.9 Å². The first-order valence-corrected chi connectivity index (χ1v) is 14.1. The Balaban J connectivity index is 2.65. The van der Waals surface area contributed by atoms with E-state index in [9.17, 15) is 19.7 Å². The average Bonchev–Trinajstić information content (AvgIpc) is 3.24. The molecule has 0 aliphatic carbocycles. The second-order valence-corrected chi connectivity index (χ2v) is 15.2. The number of rotatable bonds is 9. The lowest BCUT2D eigenvalue weighted by Gasteiger charge is -2.42. The van der Waals surface area contributed by atoms with E-state index in [1.807, 2.05) is 13.0 Å². The van der Waals surface area contributed by atoms with Crippen LogP contribution in [0.2, 0.25) is 16.6 Å². The number of ether oxygens (including phenoxy) is 2. The van der Waals surface area contributed by atoms with E-state index in [0.29, 0.717) is 6.42 Å². The zero-order valence-corrected chi connectivity index (χ0v) is 23.2. The van der Waals surface area contributed by atoms with Gasteiger partial charge in [0.2, 0.25) is 0 Å². The van der Waals surface area contributed by atoms with Crippen LogP contribution in [0.15, 0.2) is 23.8 Å². The molecular weight excluding hydrogens is 468 g/mol. The second kappa shape index (κ2) is 11.2. The van der Waals surface area contributed by atoms with E-state index in [2.05, 4.69) is 41.5 Å². The number of likely N-dealkylation sites (tertiary alicyclic amines) is 1. The fraction of sp³-hybridized carbons (Fsp3) is 0.600. The summed E-state index contributed by atoms with van der Waals surface area (Å²) < 4.78 is 17.1.